The molecule has 0 aliphatic rings. The maximum atomic E-state index is 9.22. The van der Waals surface area contributed by atoms with E-state index in [9.17, 15) is 5.11 Å². The fraction of sp³-hybridized carbons (Fsp3) is 0.417. The van der Waals surface area contributed by atoms with Crippen molar-refractivity contribution in [2.75, 3.05) is 0 Å². The zero-order valence-electron chi connectivity index (χ0n) is 10.0. The largest absolute Gasteiger partial charge is 0.390 e. The quantitative estimate of drug-likeness (QED) is 0.939. The molecule has 0 atom stereocenters. The van der Waals surface area contributed by atoms with Crippen molar-refractivity contribution in [2.24, 2.45) is 7.05 Å². The molecule has 0 spiro atoms. The van der Waals surface area contributed by atoms with Gasteiger partial charge in [0, 0.05) is 18.9 Å². The Morgan fingerprint density at radius 2 is 2.24 bits per heavy atom. The lowest BCUT2D eigenvalue weighted by Crippen LogP contribution is -2.07. The maximum absolute atomic E-state index is 9.22. The molecule has 5 heteroatoms. The summed E-state index contributed by atoms with van der Waals surface area (Å²) in [6.07, 6.45) is 2.88. The molecule has 4 nitrogen and oxygen atoms in total. The molecular formula is C12H16BrN3O. The van der Waals surface area contributed by atoms with Crippen molar-refractivity contribution in [1.82, 2.24) is 14.3 Å². The van der Waals surface area contributed by atoms with Gasteiger partial charge in [-0.1, -0.05) is 6.92 Å². The third-order valence-corrected chi connectivity index (χ3v) is 3.82. The van der Waals surface area contributed by atoms with Gasteiger partial charge in [0.05, 0.1) is 29.0 Å². The molecule has 0 aromatic carbocycles. The second-order valence-corrected chi connectivity index (χ2v) is 4.76. The summed E-state index contributed by atoms with van der Waals surface area (Å²) in [5, 5.41) is 13.7. The molecular weight excluding hydrogens is 282 g/mol. The normalized spacial score (nSPS) is 11.1. The van der Waals surface area contributed by atoms with E-state index >= 15 is 0 Å². The number of aromatic nitrogens is 3. The molecule has 0 bridgehead atoms. The Kier molecular flexibility index (Phi) is 3.69. The number of rotatable bonds is 4. The maximum Gasteiger partial charge on any atom is 0.0832 e. The first-order chi connectivity index (χ1) is 8.17. The predicted octanol–water partition coefficient (Wildman–Crippen LogP) is 2.09. The van der Waals surface area contributed by atoms with Gasteiger partial charge in [0.25, 0.3) is 0 Å². The number of halogens is 1. The van der Waals surface area contributed by atoms with E-state index in [1.165, 1.54) is 0 Å². The molecule has 1 N–H and O–H groups in total. The van der Waals surface area contributed by atoms with Crippen molar-refractivity contribution >= 4 is 15.9 Å². The van der Waals surface area contributed by atoms with Gasteiger partial charge in [-0.2, -0.15) is 5.10 Å². The fourth-order valence-electron chi connectivity index (χ4n) is 1.90. The molecule has 0 aliphatic heterocycles. The van der Waals surface area contributed by atoms with E-state index in [4.69, 9.17) is 0 Å². The molecule has 0 aliphatic carbocycles. The second kappa shape index (κ2) is 5.06. The van der Waals surface area contributed by atoms with Crippen LogP contribution < -0.4 is 0 Å². The van der Waals surface area contributed by atoms with Crippen molar-refractivity contribution in [3.05, 3.63) is 39.9 Å². The SMILES string of the molecule is CCc1nn(C)c(Cn2cccc2CO)c1Br. The first-order valence-electron chi connectivity index (χ1n) is 5.62. The van der Waals surface area contributed by atoms with Crippen molar-refractivity contribution in [1.29, 1.82) is 0 Å². The predicted molar refractivity (Wildman–Crippen MR) is 69.7 cm³/mol. The minimum absolute atomic E-state index is 0.0586. The van der Waals surface area contributed by atoms with E-state index in [0.717, 1.165) is 28.0 Å². The van der Waals surface area contributed by atoms with Gasteiger partial charge in [-0.25, -0.2) is 0 Å². The van der Waals surface area contributed by atoms with Gasteiger partial charge in [0.15, 0.2) is 0 Å². The summed E-state index contributed by atoms with van der Waals surface area (Å²) in [5.41, 5.74) is 3.10. The first-order valence-corrected chi connectivity index (χ1v) is 6.41. The zero-order chi connectivity index (χ0) is 12.4. The highest BCUT2D eigenvalue weighted by atomic mass is 79.9. The van der Waals surface area contributed by atoms with Crippen LogP contribution in [0.2, 0.25) is 0 Å². The summed E-state index contributed by atoms with van der Waals surface area (Å²) in [6, 6.07) is 3.86. The van der Waals surface area contributed by atoms with E-state index in [-0.39, 0.29) is 6.61 Å². The molecule has 0 saturated carbocycles. The van der Waals surface area contributed by atoms with Crippen LogP contribution in [0.5, 0.6) is 0 Å². The van der Waals surface area contributed by atoms with Gasteiger partial charge < -0.3 is 9.67 Å². The molecule has 2 rings (SSSR count). The van der Waals surface area contributed by atoms with E-state index in [2.05, 4.69) is 28.0 Å². The lowest BCUT2D eigenvalue weighted by molar-refractivity contribution is 0.271. The van der Waals surface area contributed by atoms with Crippen LogP contribution in [0.15, 0.2) is 22.8 Å². The number of aliphatic hydroxyl groups excluding tert-OH is 1. The van der Waals surface area contributed by atoms with Crippen LogP contribution in [0.25, 0.3) is 0 Å². The van der Waals surface area contributed by atoms with E-state index < -0.39 is 0 Å². The van der Waals surface area contributed by atoms with Crippen molar-refractivity contribution in [3.8, 4) is 0 Å². The highest BCUT2D eigenvalue weighted by Crippen LogP contribution is 2.22. The minimum Gasteiger partial charge on any atom is -0.390 e. The Morgan fingerprint density at radius 1 is 1.47 bits per heavy atom. The monoisotopic (exact) mass is 297 g/mol. The number of hydrogen-bond acceptors (Lipinski definition) is 2. The lowest BCUT2D eigenvalue weighted by Gasteiger charge is -2.08. The van der Waals surface area contributed by atoms with Gasteiger partial charge in [-0.05, 0) is 34.5 Å². The Labute approximate surface area is 109 Å². The second-order valence-electron chi connectivity index (χ2n) is 3.97. The van der Waals surface area contributed by atoms with E-state index in [0.29, 0.717) is 6.54 Å². The zero-order valence-corrected chi connectivity index (χ0v) is 11.6. The van der Waals surface area contributed by atoms with E-state index in [1.54, 1.807) is 0 Å². The molecule has 0 radical (unpaired) electrons. The van der Waals surface area contributed by atoms with Gasteiger partial charge in [-0.15, -0.1) is 0 Å². The molecule has 17 heavy (non-hydrogen) atoms. The average Bonchev–Trinajstić information content (AvgIpc) is 2.88. The summed E-state index contributed by atoms with van der Waals surface area (Å²) in [4.78, 5) is 0. The van der Waals surface area contributed by atoms with Crippen molar-refractivity contribution in [3.63, 3.8) is 0 Å². The lowest BCUT2D eigenvalue weighted by atomic mass is 10.3. The Balaban J connectivity index is 2.33. The van der Waals surface area contributed by atoms with Gasteiger partial charge in [0.1, 0.15) is 0 Å². The molecule has 2 aromatic rings. The molecule has 0 saturated heterocycles. The summed E-state index contributed by atoms with van der Waals surface area (Å²) >= 11 is 3.60. The smallest absolute Gasteiger partial charge is 0.0832 e. The van der Waals surface area contributed by atoms with Gasteiger partial charge >= 0.3 is 0 Å². The summed E-state index contributed by atoms with van der Waals surface area (Å²) in [5.74, 6) is 0. The number of nitrogens with zero attached hydrogens (tertiary/aromatic N) is 3. The van der Waals surface area contributed by atoms with Crippen LogP contribution in [0.4, 0.5) is 0 Å². The Morgan fingerprint density at radius 3 is 2.82 bits per heavy atom. The van der Waals surface area contributed by atoms with Crippen molar-refractivity contribution < 1.29 is 5.11 Å². The summed E-state index contributed by atoms with van der Waals surface area (Å²) in [7, 11) is 1.95. The molecule has 92 valence electrons. The third kappa shape index (κ3) is 2.30. The van der Waals surface area contributed by atoms with Crippen LogP contribution >= 0.6 is 15.9 Å². The molecule has 2 heterocycles. The topological polar surface area (TPSA) is 43.0 Å². The van der Waals surface area contributed by atoms with Crippen LogP contribution in [0.3, 0.4) is 0 Å². The van der Waals surface area contributed by atoms with Crippen LogP contribution in [0, 0.1) is 0 Å². The van der Waals surface area contributed by atoms with E-state index in [1.807, 2.05) is 34.6 Å². The fourth-order valence-corrected chi connectivity index (χ4v) is 2.64. The highest BCUT2D eigenvalue weighted by Gasteiger charge is 2.13. The Bertz CT molecular complexity index is 516. The first kappa shape index (κ1) is 12.4. The van der Waals surface area contributed by atoms with Crippen LogP contribution in [-0.2, 0) is 26.6 Å². The van der Waals surface area contributed by atoms with Crippen LogP contribution in [0.1, 0.15) is 24.0 Å². The van der Waals surface area contributed by atoms with Gasteiger partial charge in [0.2, 0.25) is 0 Å². The molecule has 0 unspecified atom stereocenters. The summed E-state index contributed by atoms with van der Waals surface area (Å²) < 4.78 is 4.99. The molecule has 2 aromatic heterocycles. The number of hydrogen-bond donors (Lipinski definition) is 1. The number of aryl methyl sites for hydroxylation is 2. The standard InChI is InChI=1S/C12H16BrN3O/c1-3-10-12(13)11(15(2)14-10)7-16-6-4-5-9(16)8-17/h4-6,17H,3,7-8H2,1-2H3. The molecule has 0 amide bonds. The highest BCUT2D eigenvalue weighted by molar-refractivity contribution is 9.10. The number of aliphatic hydroxyl groups is 1. The average molecular weight is 298 g/mol. The van der Waals surface area contributed by atoms with Crippen molar-refractivity contribution in [2.45, 2.75) is 26.5 Å². The van der Waals surface area contributed by atoms with Gasteiger partial charge in [-0.3, -0.25) is 4.68 Å². The third-order valence-electron chi connectivity index (χ3n) is 2.91. The Hall–Kier alpha value is -1.07. The van der Waals surface area contributed by atoms with Crippen LogP contribution in [-0.4, -0.2) is 19.5 Å². The summed E-state index contributed by atoms with van der Waals surface area (Å²) in [6.45, 7) is 2.86. The minimum atomic E-state index is 0.0586. The molecule has 0 fully saturated rings.